The monoisotopic (exact) mass is 408 g/mol. The number of rotatable bonds is 4. The van der Waals surface area contributed by atoms with E-state index in [0.29, 0.717) is 12.0 Å². The van der Waals surface area contributed by atoms with Crippen molar-refractivity contribution < 1.29 is 13.2 Å². The molecule has 5 nitrogen and oxygen atoms in total. The van der Waals surface area contributed by atoms with E-state index in [1.807, 2.05) is 4.90 Å². The molecule has 0 aromatic heterocycles. The van der Waals surface area contributed by atoms with E-state index in [-0.39, 0.29) is 15.4 Å². The van der Waals surface area contributed by atoms with Gasteiger partial charge in [0.15, 0.2) is 6.29 Å². The van der Waals surface area contributed by atoms with E-state index < -0.39 is 9.84 Å². The van der Waals surface area contributed by atoms with Gasteiger partial charge < -0.3 is 10.2 Å². The van der Waals surface area contributed by atoms with Crippen LogP contribution in [0.25, 0.3) is 0 Å². The molecule has 1 heterocycles. The van der Waals surface area contributed by atoms with Crippen molar-refractivity contribution in [1.82, 2.24) is 5.32 Å². The van der Waals surface area contributed by atoms with E-state index in [9.17, 15) is 13.2 Å². The first-order chi connectivity index (χ1) is 11.5. The molecule has 0 spiro atoms. The van der Waals surface area contributed by atoms with Crippen LogP contribution >= 0.6 is 15.9 Å². The molecule has 1 aliphatic rings. The number of piperazine rings is 1. The second-order valence-corrected chi connectivity index (χ2v) is 8.33. The van der Waals surface area contributed by atoms with Gasteiger partial charge in [-0.3, -0.25) is 4.79 Å². The standard InChI is InChI=1S/C17H17BrN2O3S/c18-13-4-6-14(7-5-13)24(22,23)17-3-1-2-16(15(17)12-21)20-10-8-19-9-11-20/h1-7,12,19H,8-11H2. The molecule has 1 saturated heterocycles. The molecule has 0 atom stereocenters. The Kier molecular flexibility index (Phi) is 5.03. The molecule has 0 saturated carbocycles. The van der Waals surface area contributed by atoms with Gasteiger partial charge in [0.2, 0.25) is 9.84 Å². The number of sulfone groups is 1. The van der Waals surface area contributed by atoms with E-state index in [1.165, 1.54) is 18.2 Å². The first-order valence-corrected chi connectivity index (χ1v) is 9.86. The van der Waals surface area contributed by atoms with Gasteiger partial charge in [0, 0.05) is 36.3 Å². The molecule has 2 aromatic rings. The number of hydrogen-bond donors (Lipinski definition) is 1. The van der Waals surface area contributed by atoms with Gasteiger partial charge in [0.1, 0.15) is 0 Å². The molecule has 0 bridgehead atoms. The van der Waals surface area contributed by atoms with Crippen LogP contribution in [-0.2, 0) is 9.84 Å². The maximum absolute atomic E-state index is 13.0. The molecule has 0 amide bonds. The van der Waals surface area contributed by atoms with Crippen LogP contribution in [0.3, 0.4) is 0 Å². The van der Waals surface area contributed by atoms with Crippen molar-refractivity contribution in [2.75, 3.05) is 31.1 Å². The van der Waals surface area contributed by atoms with Gasteiger partial charge in [-0.25, -0.2) is 8.42 Å². The number of halogens is 1. The molecule has 2 aromatic carbocycles. The van der Waals surface area contributed by atoms with Gasteiger partial charge in [-0.1, -0.05) is 22.0 Å². The lowest BCUT2D eigenvalue weighted by Crippen LogP contribution is -2.44. The van der Waals surface area contributed by atoms with Gasteiger partial charge in [0.25, 0.3) is 0 Å². The maximum Gasteiger partial charge on any atom is 0.207 e. The number of aldehydes is 1. The second-order valence-electron chi connectivity index (χ2n) is 5.50. The highest BCUT2D eigenvalue weighted by Crippen LogP contribution is 2.30. The molecule has 0 unspecified atom stereocenters. The van der Waals surface area contributed by atoms with Crippen LogP contribution in [0.2, 0.25) is 0 Å². The number of anilines is 1. The maximum atomic E-state index is 13.0. The van der Waals surface area contributed by atoms with Gasteiger partial charge in [0.05, 0.1) is 15.4 Å². The van der Waals surface area contributed by atoms with Gasteiger partial charge in [-0.2, -0.15) is 0 Å². The van der Waals surface area contributed by atoms with Crippen molar-refractivity contribution in [2.24, 2.45) is 0 Å². The van der Waals surface area contributed by atoms with Crippen LogP contribution in [0.15, 0.2) is 56.7 Å². The van der Waals surface area contributed by atoms with E-state index in [1.54, 1.807) is 24.3 Å². The number of nitrogens with zero attached hydrogens (tertiary/aromatic N) is 1. The minimum atomic E-state index is -3.75. The molecule has 1 N–H and O–H groups in total. The summed E-state index contributed by atoms with van der Waals surface area (Å²) >= 11 is 3.30. The highest BCUT2D eigenvalue weighted by atomic mass is 79.9. The Bertz CT molecular complexity index is 845. The number of nitrogens with one attached hydrogen (secondary N) is 1. The summed E-state index contributed by atoms with van der Waals surface area (Å²) in [5.74, 6) is 0. The summed E-state index contributed by atoms with van der Waals surface area (Å²) in [7, 11) is -3.75. The zero-order valence-corrected chi connectivity index (χ0v) is 15.3. The van der Waals surface area contributed by atoms with Crippen LogP contribution in [0.5, 0.6) is 0 Å². The Morgan fingerprint density at radius 1 is 1.04 bits per heavy atom. The number of benzene rings is 2. The van der Waals surface area contributed by atoms with E-state index in [0.717, 1.165) is 30.7 Å². The van der Waals surface area contributed by atoms with Crippen LogP contribution < -0.4 is 10.2 Å². The third-order valence-electron chi connectivity index (χ3n) is 4.03. The van der Waals surface area contributed by atoms with Gasteiger partial charge >= 0.3 is 0 Å². The van der Waals surface area contributed by atoms with Crippen molar-refractivity contribution in [3.63, 3.8) is 0 Å². The molecule has 7 heteroatoms. The average Bonchev–Trinajstić information content (AvgIpc) is 2.62. The minimum absolute atomic E-state index is 0.0517. The Labute approximate surface area is 149 Å². The normalized spacial score (nSPS) is 15.3. The highest BCUT2D eigenvalue weighted by Gasteiger charge is 2.25. The van der Waals surface area contributed by atoms with Crippen molar-refractivity contribution in [1.29, 1.82) is 0 Å². The van der Waals surface area contributed by atoms with Crippen LogP contribution in [0.1, 0.15) is 10.4 Å². The lowest BCUT2D eigenvalue weighted by atomic mass is 10.1. The molecular weight excluding hydrogens is 392 g/mol. The number of hydrogen-bond acceptors (Lipinski definition) is 5. The van der Waals surface area contributed by atoms with Crippen LogP contribution in [0.4, 0.5) is 5.69 Å². The van der Waals surface area contributed by atoms with Crippen LogP contribution in [-0.4, -0.2) is 40.9 Å². The Hall–Kier alpha value is -1.70. The topological polar surface area (TPSA) is 66.5 Å². The summed E-state index contributed by atoms with van der Waals surface area (Å²) < 4.78 is 26.7. The molecule has 0 radical (unpaired) electrons. The summed E-state index contributed by atoms with van der Waals surface area (Å²) in [5, 5.41) is 3.25. The third-order valence-corrected chi connectivity index (χ3v) is 6.39. The quantitative estimate of drug-likeness (QED) is 0.787. The highest BCUT2D eigenvalue weighted by molar-refractivity contribution is 9.10. The number of carbonyl (C=O) groups is 1. The first kappa shape index (κ1) is 17.1. The lowest BCUT2D eigenvalue weighted by molar-refractivity contribution is 0.112. The fourth-order valence-electron chi connectivity index (χ4n) is 2.81. The predicted molar refractivity (Wildman–Crippen MR) is 96.5 cm³/mol. The smallest absolute Gasteiger partial charge is 0.207 e. The summed E-state index contributed by atoms with van der Waals surface area (Å²) in [6.45, 7) is 3.09. The molecule has 1 fully saturated rings. The van der Waals surface area contributed by atoms with Crippen molar-refractivity contribution in [3.8, 4) is 0 Å². The second kappa shape index (κ2) is 7.04. The van der Waals surface area contributed by atoms with E-state index >= 15 is 0 Å². The lowest BCUT2D eigenvalue weighted by Gasteiger charge is -2.30. The first-order valence-electron chi connectivity index (χ1n) is 7.58. The van der Waals surface area contributed by atoms with Crippen molar-refractivity contribution in [3.05, 3.63) is 52.5 Å². The summed E-state index contributed by atoms with van der Waals surface area (Å²) in [4.78, 5) is 14.0. The summed E-state index contributed by atoms with van der Waals surface area (Å²) in [5.41, 5.74) is 0.895. The SMILES string of the molecule is O=Cc1c(N2CCNCC2)cccc1S(=O)(=O)c1ccc(Br)cc1. The third kappa shape index (κ3) is 3.24. The Morgan fingerprint density at radius 2 is 1.71 bits per heavy atom. The molecule has 126 valence electrons. The van der Waals surface area contributed by atoms with Crippen molar-refractivity contribution in [2.45, 2.75) is 9.79 Å². The largest absolute Gasteiger partial charge is 0.368 e. The van der Waals surface area contributed by atoms with Crippen molar-refractivity contribution >= 4 is 37.7 Å². The molecule has 24 heavy (non-hydrogen) atoms. The van der Waals surface area contributed by atoms with Gasteiger partial charge in [-0.05, 0) is 36.4 Å². The molecule has 0 aliphatic carbocycles. The zero-order chi connectivity index (χ0) is 17.2. The van der Waals surface area contributed by atoms with E-state index in [2.05, 4.69) is 21.2 Å². The molecule has 3 rings (SSSR count). The van der Waals surface area contributed by atoms with E-state index in [4.69, 9.17) is 0 Å². The number of carbonyl (C=O) groups excluding carboxylic acids is 1. The molecule has 1 aliphatic heterocycles. The molecular formula is C17H17BrN2O3S. The summed E-state index contributed by atoms with van der Waals surface area (Å²) in [6.07, 6.45) is 0.642. The Morgan fingerprint density at radius 3 is 2.33 bits per heavy atom. The van der Waals surface area contributed by atoms with Gasteiger partial charge in [-0.15, -0.1) is 0 Å². The fourth-order valence-corrected chi connectivity index (χ4v) is 4.52. The summed E-state index contributed by atoms with van der Waals surface area (Å²) in [6, 6.07) is 11.4. The minimum Gasteiger partial charge on any atom is -0.368 e. The zero-order valence-electron chi connectivity index (χ0n) is 12.9. The average molecular weight is 409 g/mol. The Balaban J connectivity index is 2.10. The fraction of sp³-hybridized carbons (Fsp3) is 0.235. The van der Waals surface area contributed by atoms with Crippen LogP contribution in [0, 0.1) is 0 Å². The predicted octanol–water partition coefficient (Wildman–Crippen LogP) is 2.50.